The summed E-state index contributed by atoms with van der Waals surface area (Å²) in [5.74, 6) is -0.281. The molecule has 2 heterocycles. The molecular formula is C24H20N4O4S. The van der Waals surface area contributed by atoms with Gasteiger partial charge in [-0.1, -0.05) is 30.4 Å². The van der Waals surface area contributed by atoms with Crippen molar-refractivity contribution < 1.29 is 13.5 Å². The van der Waals surface area contributed by atoms with E-state index in [0.29, 0.717) is 16.3 Å². The highest BCUT2D eigenvalue weighted by atomic mass is 32.2. The normalized spacial score (nSPS) is 12.2. The van der Waals surface area contributed by atoms with Crippen molar-refractivity contribution >= 4 is 39.2 Å². The van der Waals surface area contributed by atoms with Crippen LogP contribution in [0.15, 0.2) is 81.7 Å². The number of aromatic nitrogens is 2. The number of nitrogens with one attached hydrogen (secondary N) is 1. The van der Waals surface area contributed by atoms with E-state index < -0.39 is 15.6 Å². The van der Waals surface area contributed by atoms with Crippen LogP contribution in [0.3, 0.4) is 0 Å². The topological polar surface area (TPSA) is 138 Å². The van der Waals surface area contributed by atoms with Crippen molar-refractivity contribution in [3.05, 3.63) is 99.6 Å². The summed E-state index contributed by atoms with van der Waals surface area (Å²) in [6.07, 6.45) is 8.72. The lowest BCUT2D eigenvalue weighted by molar-refractivity contribution is 0.452. The molecule has 0 aliphatic carbocycles. The van der Waals surface area contributed by atoms with Gasteiger partial charge in [0, 0.05) is 29.4 Å². The second-order valence-corrected chi connectivity index (χ2v) is 8.86. The number of fused-ring (bicyclic) bond motifs is 1. The second-order valence-electron chi connectivity index (χ2n) is 7.29. The summed E-state index contributed by atoms with van der Waals surface area (Å²) in [7, 11) is -3.76. The van der Waals surface area contributed by atoms with Gasteiger partial charge in [0.25, 0.3) is 5.56 Å². The van der Waals surface area contributed by atoms with Gasteiger partial charge in [-0.25, -0.2) is 13.6 Å². The van der Waals surface area contributed by atoms with E-state index in [9.17, 15) is 18.3 Å². The number of aliphatic imine (C=N–C) groups is 1. The van der Waals surface area contributed by atoms with Gasteiger partial charge in [0.1, 0.15) is 0 Å². The zero-order chi connectivity index (χ0) is 23.4. The van der Waals surface area contributed by atoms with Crippen molar-refractivity contribution in [1.29, 1.82) is 0 Å². The number of aromatic amines is 1. The Hall–Kier alpha value is -4.08. The molecule has 2 aromatic heterocycles. The smallest absolute Gasteiger partial charge is 0.258 e. The molecule has 4 aromatic rings. The Balaban J connectivity index is 1.64. The fourth-order valence-corrected chi connectivity index (χ4v) is 3.80. The maximum absolute atomic E-state index is 12.3. The number of nitrogens with two attached hydrogens (primary N) is 1. The van der Waals surface area contributed by atoms with Crippen molar-refractivity contribution in [1.82, 2.24) is 9.97 Å². The maximum Gasteiger partial charge on any atom is 0.258 e. The van der Waals surface area contributed by atoms with E-state index in [2.05, 4.69) is 15.0 Å². The van der Waals surface area contributed by atoms with Crippen LogP contribution in [0.5, 0.6) is 5.88 Å². The van der Waals surface area contributed by atoms with Crippen molar-refractivity contribution in [3.63, 3.8) is 0 Å². The van der Waals surface area contributed by atoms with Gasteiger partial charge >= 0.3 is 0 Å². The predicted octanol–water partition coefficient (Wildman–Crippen LogP) is 3.07. The molecule has 0 amide bonds. The zero-order valence-corrected chi connectivity index (χ0v) is 18.2. The van der Waals surface area contributed by atoms with E-state index in [0.717, 1.165) is 16.7 Å². The van der Waals surface area contributed by atoms with Gasteiger partial charge in [-0.3, -0.25) is 19.8 Å². The summed E-state index contributed by atoms with van der Waals surface area (Å²) in [5.41, 5.74) is 2.56. The van der Waals surface area contributed by atoms with Crippen LogP contribution in [0, 0.1) is 0 Å². The summed E-state index contributed by atoms with van der Waals surface area (Å²) < 4.78 is 22.7. The van der Waals surface area contributed by atoms with Crippen LogP contribution >= 0.6 is 0 Å². The molecule has 0 saturated carbocycles. The van der Waals surface area contributed by atoms with E-state index in [1.165, 1.54) is 18.3 Å². The van der Waals surface area contributed by atoms with Crippen LogP contribution in [0.4, 0.5) is 0 Å². The molecule has 166 valence electrons. The summed E-state index contributed by atoms with van der Waals surface area (Å²) >= 11 is 0. The predicted molar refractivity (Wildman–Crippen MR) is 129 cm³/mol. The minimum Gasteiger partial charge on any atom is -0.494 e. The van der Waals surface area contributed by atoms with E-state index >= 15 is 0 Å². The minimum atomic E-state index is -3.76. The molecule has 8 nitrogen and oxygen atoms in total. The molecule has 9 heteroatoms. The van der Waals surface area contributed by atoms with E-state index in [4.69, 9.17) is 5.14 Å². The Bertz CT molecular complexity index is 1530. The van der Waals surface area contributed by atoms with Gasteiger partial charge in [0.2, 0.25) is 15.9 Å². The fourth-order valence-electron chi connectivity index (χ4n) is 3.28. The number of aromatic hydroxyl groups is 1. The number of primary sulfonamides is 1. The van der Waals surface area contributed by atoms with Crippen molar-refractivity contribution in [3.8, 4) is 5.88 Å². The molecule has 0 spiro atoms. The van der Waals surface area contributed by atoms with Gasteiger partial charge < -0.3 is 5.11 Å². The Kier molecular flexibility index (Phi) is 6.16. The second kappa shape index (κ2) is 9.19. The monoisotopic (exact) mass is 460 g/mol. The summed E-state index contributed by atoms with van der Waals surface area (Å²) in [6.45, 7) is 0.243. The number of sulfonamides is 1. The Morgan fingerprint density at radius 2 is 1.67 bits per heavy atom. The standard InChI is InChI=1S/C24H20N4O4S/c25-33(31,32)19-6-3-18(4-7-19)14-27-15-22-21-13-17(2-1-16-9-11-26-12-10-16)5-8-20(21)23(29)28-24(22)30/h1-13,15H,14H2,(H2,25,31,32)(H2,28,29,30). The Morgan fingerprint density at radius 1 is 0.970 bits per heavy atom. The average molecular weight is 461 g/mol. The quantitative estimate of drug-likeness (QED) is 0.380. The summed E-state index contributed by atoms with van der Waals surface area (Å²) in [5, 5.41) is 16.4. The highest BCUT2D eigenvalue weighted by Crippen LogP contribution is 2.23. The first-order chi connectivity index (χ1) is 15.8. The summed E-state index contributed by atoms with van der Waals surface area (Å²) in [6, 6.07) is 15.1. The highest BCUT2D eigenvalue weighted by molar-refractivity contribution is 7.89. The Labute approximate surface area is 189 Å². The van der Waals surface area contributed by atoms with Crippen LogP contribution in [-0.2, 0) is 16.6 Å². The number of benzene rings is 2. The highest BCUT2D eigenvalue weighted by Gasteiger charge is 2.10. The molecular weight excluding hydrogens is 440 g/mol. The van der Waals surface area contributed by atoms with Gasteiger partial charge in [-0.05, 0) is 53.1 Å². The molecule has 2 aromatic carbocycles. The third kappa shape index (κ3) is 5.22. The minimum absolute atomic E-state index is 0.0202. The van der Waals surface area contributed by atoms with Crippen molar-refractivity contribution in [2.24, 2.45) is 10.1 Å². The maximum atomic E-state index is 12.3. The van der Waals surface area contributed by atoms with Gasteiger partial charge in [0.15, 0.2) is 0 Å². The molecule has 0 aliphatic heterocycles. The number of H-pyrrole nitrogens is 1. The van der Waals surface area contributed by atoms with E-state index in [1.54, 1.807) is 30.6 Å². The lowest BCUT2D eigenvalue weighted by Gasteiger charge is -2.06. The van der Waals surface area contributed by atoms with Crippen LogP contribution in [-0.4, -0.2) is 29.7 Å². The summed E-state index contributed by atoms with van der Waals surface area (Å²) in [4.78, 5) is 23.1. The van der Waals surface area contributed by atoms with E-state index in [-0.39, 0.29) is 17.3 Å². The van der Waals surface area contributed by atoms with Gasteiger partial charge in [-0.15, -0.1) is 0 Å². The van der Waals surface area contributed by atoms with E-state index in [1.807, 2.05) is 36.4 Å². The molecule has 4 N–H and O–H groups in total. The third-order valence-electron chi connectivity index (χ3n) is 4.99. The molecule has 33 heavy (non-hydrogen) atoms. The van der Waals surface area contributed by atoms with Crippen LogP contribution in [0.2, 0.25) is 0 Å². The lowest BCUT2D eigenvalue weighted by atomic mass is 10.0. The van der Waals surface area contributed by atoms with Crippen LogP contribution < -0.4 is 10.7 Å². The molecule has 0 fully saturated rings. The first kappa shape index (κ1) is 22.1. The number of hydrogen-bond donors (Lipinski definition) is 3. The zero-order valence-electron chi connectivity index (χ0n) is 17.3. The van der Waals surface area contributed by atoms with Gasteiger partial charge in [-0.2, -0.15) is 0 Å². The molecule has 0 aliphatic rings. The fraction of sp³-hybridized carbons (Fsp3) is 0.0417. The first-order valence-corrected chi connectivity index (χ1v) is 11.4. The largest absolute Gasteiger partial charge is 0.494 e. The molecule has 4 rings (SSSR count). The van der Waals surface area contributed by atoms with Crippen molar-refractivity contribution in [2.75, 3.05) is 0 Å². The van der Waals surface area contributed by atoms with Gasteiger partial charge in [0.05, 0.1) is 17.0 Å². The van der Waals surface area contributed by atoms with Crippen LogP contribution in [0.1, 0.15) is 22.3 Å². The molecule has 0 radical (unpaired) electrons. The van der Waals surface area contributed by atoms with Crippen LogP contribution in [0.25, 0.3) is 22.9 Å². The molecule has 0 bridgehead atoms. The molecule has 0 unspecified atom stereocenters. The Morgan fingerprint density at radius 3 is 2.36 bits per heavy atom. The average Bonchev–Trinajstić information content (AvgIpc) is 2.80. The SMILES string of the molecule is NS(=O)(=O)c1ccc(CN=Cc2c(O)[nH]c(=O)c3ccc(C=Cc4ccncc4)cc23)cc1. The lowest BCUT2D eigenvalue weighted by Crippen LogP contribution is -2.11. The number of rotatable bonds is 6. The molecule has 0 saturated heterocycles. The number of pyridine rings is 2. The number of nitrogens with zero attached hydrogens (tertiary/aromatic N) is 2. The number of hydrogen-bond acceptors (Lipinski definition) is 6. The van der Waals surface area contributed by atoms with Crippen molar-refractivity contribution in [2.45, 2.75) is 11.4 Å². The first-order valence-electron chi connectivity index (χ1n) is 9.90. The third-order valence-corrected chi connectivity index (χ3v) is 5.92. The molecule has 0 atom stereocenters.